The first-order chi connectivity index (χ1) is 7.57. The molecule has 0 aliphatic heterocycles. The van der Waals surface area contributed by atoms with Crippen LogP contribution in [0.2, 0.25) is 0 Å². The number of rotatable bonds is 6. The number of aryl methyl sites for hydroxylation is 1. The maximum absolute atomic E-state index is 3.53. The Kier molecular flexibility index (Phi) is 4.81. The van der Waals surface area contributed by atoms with Crippen molar-refractivity contribution < 1.29 is 0 Å². The van der Waals surface area contributed by atoms with Gasteiger partial charge in [0.1, 0.15) is 0 Å². The Morgan fingerprint density at radius 1 is 1.12 bits per heavy atom. The van der Waals surface area contributed by atoms with Gasteiger partial charge in [-0.15, -0.1) is 0 Å². The second kappa shape index (κ2) is 5.90. The zero-order chi connectivity index (χ0) is 12.0. The minimum absolute atomic E-state index is 0.0843. The average Bonchev–Trinajstić information content (AvgIpc) is 2.21. The molecule has 90 valence electrons. The molecule has 0 amide bonds. The lowest BCUT2D eigenvalue weighted by Crippen LogP contribution is -2.40. The first-order valence-electron chi connectivity index (χ1n) is 6.09. The highest BCUT2D eigenvalue weighted by Crippen LogP contribution is 2.16. The fourth-order valence-electron chi connectivity index (χ4n) is 1.92. The highest BCUT2D eigenvalue weighted by molar-refractivity contribution is 5.46. The van der Waals surface area contributed by atoms with Gasteiger partial charge in [0.2, 0.25) is 0 Å². The van der Waals surface area contributed by atoms with Gasteiger partial charge in [0.05, 0.1) is 0 Å². The number of hydrogen-bond acceptors (Lipinski definition) is 2. The number of benzene rings is 1. The fourth-order valence-corrected chi connectivity index (χ4v) is 1.92. The lowest BCUT2D eigenvalue weighted by molar-refractivity contribution is 0.530. The van der Waals surface area contributed by atoms with Crippen LogP contribution >= 0.6 is 0 Å². The molecule has 0 fully saturated rings. The van der Waals surface area contributed by atoms with E-state index >= 15 is 0 Å². The van der Waals surface area contributed by atoms with E-state index in [1.54, 1.807) is 0 Å². The van der Waals surface area contributed by atoms with Gasteiger partial charge in [-0.1, -0.05) is 25.5 Å². The summed E-state index contributed by atoms with van der Waals surface area (Å²) in [6, 6.07) is 8.76. The smallest absolute Gasteiger partial charge is 0.0441 e. The predicted molar refractivity (Wildman–Crippen MR) is 72.1 cm³/mol. The second-order valence-electron chi connectivity index (χ2n) is 4.99. The van der Waals surface area contributed by atoms with Crippen LogP contribution in [0.15, 0.2) is 24.3 Å². The van der Waals surface area contributed by atoms with E-state index in [0.717, 1.165) is 6.54 Å². The molecular weight excluding hydrogens is 196 g/mol. The Hall–Kier alpha value is -1.02. The Labute approximate surface area is 99.5 Å². The fraction of sp³-hybridized carbons (Fsp3) is 0.571. The van der Waals surface area contributed by atoms with Gasteiger partial charge in [0.15, 0.2) is 0 Å². The molecule has 0 aliphatic carbocycles. The number of likely N-dealkylation sites (N-methyl/N-ethyl adjacent to an activating group) is 1. The standard InChI is InChI=1S/C14H24N2/c1-5-6-12-7-9-13(10-8-12)16-14(2,3)11-15-4/h7-10,15-16H,5-6,11H2,1-4H3. The van der Waals surface area contributed by atoms with E-state index in [4.69, 9.17) is 0 Å². The first kappa shape index (κ1) is 13.0. The van der Waals surface area contributed by atoms with E-state index in [9.17, 15) is 0 Å². The molecule has 0 spiro atoms. The van der Waals surface area contributed by atoms with Gasteiger partial charge in [0.25, 0.3) is 0 Å². The van der Waals surface area contributed by atoms with E-state index < -0.39 is 0 Å². The number of anilines is 1. The van der Waals surface area contributed by atoms with Gasteiger partial charge in [-0.05, 0) is 45.0 Å². The summed E-state index contributed by atoms with van der Waals surface area (Å²) in [7, 11) is 1.98. The summed E-state index contributed by atoms with van der Waals surface area (Å²) >= 11 is 0. The summed E-state index contributed by atoms with van der Waals surface area (Å²) in [5, 5.41) is 6.72. The molecule has 0 atom stereocenters. The third-order valence-corrected chi connectivity index (χ3v) is 2.59. The van der Waals surface area contributed by atoms with Crippen LogP contribution in [0.1, 0.15) is 32.8 Å². The summed E-state index contributed by atoms with van der Waals surface area (Å²) in [4.78, 5) is 0. The normalized spacial score (nSPS) is 11.5. The summed E-state index contributed by atoms with van der Waals surface area (Å²) in [6.07, 6.45) is 2.37. The average molecular weight is 220 g/mol. The van der Waals surface area contributed by atoms with E-state index in [-0.39, 0.29) is 5.54 Å². The minimum atomic E-state index is 0.0843. The summed E-state index contributed by atoms with van der Waals surface area (Å²) in [6.45, 7) is 7.55. The molecule has 1 aromatic rings. The van der Waals surface area contributed by atoms with Crippen LogP contribution in [0.3, 0.4) is 0 Å². The minimum Gasteiger partial charge on any atom is -0.379 e. The molecule has 0 saturated heterocycles. The van der Waals surface area contributed by atoms with Crippen LogP contribution < -0.4 is 10.6 Å². The monoisotopic (exact) mass is 220 g/mol. The van der Waals surface area contributed by atoms with Crippen LogP contribution in [0.25, 0.3) is 0 Å². The van der Waals surface area contributed by atoms with Crippen molar-refractivity contribution >= 4 is 5.69 Å². The van der Waals surface area contributed by atoms with Crippen molar-refractivity contribution in [2.45, 2.75) is 39.2 Å². The van der Waals surface area contributed by atoms with Gasteiger partial charge in [-0.25, -0.2) is 0 Å². The highest BCUT2D eigenvalue weighted by atomic mass is 15.0. The molecule has 2 nitrogen and oxygen atoms in total. The highest BCUT2D eigenvalue weighted by Gasteiger charge is 2.15. The van der Waals surface area contributed by atoms with Crippen molar-refractivity contribution in [3.8, 4) is 0 Å². The second-order valence-corrected chi connectivity index (χ2v) is 4.99. The lowest BCUT2D eigenvalue weighted by atomic mass is 10.0. The van der Waals surface area contributed by atoms with Crippen molar-refractivity contribution in [2.75, 3.05) is 18.9 Å². The van der Waals surface area contributed by atoms with E-state index in [0.29, 0.717) is 0 Å². The molecule has 0 heterocycles. The molecule has 1 aromatic carbocycles. The Balaban J connectivity index is 2.61. The van der Waals surface area contributed by atoms with Crippen molar-refractivity contribution in [1.82, 2.24) is 5.32 Å². The lowest BCUT2D eigenvalue weighted by Gasteiger charge is -2.27. The Bertz CT molecular complexity index is 301. The molecule has 0 radical (unpaired) electrons. The number of hydrogen-bond donors (Lipinski definition) is 2. The van der Waals surface area contributed by atoms with Crippen LogP contribution in [0.4, 0.5) is 5.69 Å². The summed E-state index contributed by atoms with van der Waals surface area (Å²) in [5.74, 6) is 0. The van der Waals surface area contributed by atoms with Crippen molar-refractivity contribution in [3.63, 3.8) is 0 Å². The van der Waals surface area contributed by atoms with Crippen LogP contribution in [0.5, 0.6) is 0 Å². The zero-order valence-corrected chi connectivity index (χ0v) is 10.9. The Morgan fingerprint density at radius 2 is 1.75 bits per heavy atom. The molecule has 1 rings (SSSR count). The Morgan fingerprint density at radius 3 is 2.25 bits per heavy atom. The van der Waals surface area contributed by atoms with Crippen molar-refractivity contribution in [1.29, 1.82) is 0 Å². The third-order valence-electron chi connectivity index (χ3n) is 2.59. The quantitative estimate of drug-likeness (QED) is 0.770. The maximum Gasteiger partial charge on any atom is 0.0441 e. The first-order valence-corrected chi connectivity index (χ1v) is 6.09. The molecule has 0 aliphatic rings. The predicted octanol–water partition coefficient (Wildman–Crippen LogP) is 3.05. The molecule has 0 aromatic heterocycles. The summed E-state index contributed by atoms with van der Waals surface area (Å²) < 4.78 is 0. The summed E-state index contributed by atoms with van der Waals surface area (Å²) in [5.41, 5.74) is 2.70. The van der Waals surface area contributed by atoms with Gasteiger partial charge in [-0.2, -0.15) is 0 Å². The molecule has 2 N–H and O–H groups in total. The maximum atomic E-state index is 3.53. The molecule has 0 saturated carbocycles. The number of nitrogens with one attached hydrogen (secondary N) is 2. The molecule has 16 heavy (non-hydrogen) atoms. The zero-order valence-electron chi connectivity index (χ0n) is 10.9. The molecule has 0 bridgehead atoms. The third kappa shape index (κ3) is 4.23. The molecule has 2 heteroatoms. The van der Waals surface area contributed by atoms with Crippen molar-refractivity contribution in [2.24, 2.45) is 0 Å². The van der Waals surface area contributed by atoms with Gasteiger partial charge in [0, 0.05) is 17.8 Å². The van der Waals surface area contributed by atoms with Crippen molar-refractivity contribution in [3.05, 3.63) is 29.8 Å². The van der Waals surface area contributed by atoms with Gasteiger partial charge >= 0.3 is 0 Å². The molecule has 0 unspecified atom stereocenters. The molecular formula is C14H24N2. The van der Waals surface area contributed by atoms with Crippen LogP contribution in [-0.2, 0) is 6.42 Å². The largest absolute Gasteiger partial charge is 0.379 e. The topological polar surface area (TPSA) is 24.1 Å². The van der Waals surface area contributed by atoms with Crippen LogP contribution in [-0.4, -0.2) is 19.1 Å². The van der Waals surface area contributed by atoms with Gasteiger partial charge in [-0.3, -0.25) is 0 Å². The van der Waals surface area contributed by atoms with E-state index in [2.05, 4.69) is 55.7 Å². The van der Waals surface area contributed by atoms with E-state index in [1.807, 2.05) is 7.05 Å². The van der Waals surface area contributed by atoms with Crippen LogP contribution in [0, 0.1) is 0 Å². The van der Waals surface area contributed by atoms with Gasteiger partial charge < -0.3 is 10.6 Å². The van der Waals surface area contributed by atoms with E-state index in [1.165, 1.54) is 24.1 Å². The SMILES string of the molecule is CCCc1ccc(NC(C)(C)CNC)cc1.